The number of fused-ring (bicyclic) bond motifs is 1. The van der Waals surface area contributed by atoms with E-state index in [4.69, 9.17) is 35.3 Å². The van der Waals surface area contributed by atoms with E-state index in [1.165, 1.54) is 14.2 Å². The van der Waals surface area contributed by atoms with E-state index in [1.807, 2.05) is 0 Å². The number of carbonyl (C=O) groups is 1. The zero-order chi connectivity index (χ0) is 17.8. The maximum atomic E-state index is 12.4. The van der Waals surface area contributed by atoms with Crippen LogP contribution in [0.2, 0.25) is 5.02 Å². The lowest BCUT2D eigenvalue weighted by Crippen LogP contribution is -2.14. The Hall–Kier alpha value is -2.44. The lowest BCUT2D eigenvalue weighted by atomic mass is 10.1. The topological polar surface area (TPSA) is 63.2 Å². The van der Waals surface area contributed by atoms with Crippen molar-refractivity contribution >= 4 is 17.6 Å². The SMILES string of the molecule is COc1cc(OC)cc(C(=O)OCc2cc(Cl)cc3c2OCOC3)c1. The number of rotatable bonds is 5. The first kappa shape index (κ1) is 17.4. The fraction of sp³-hybridized carbons (Fsp3) is 0.278. The molecule has 0 saturated carbocycles. The maximum Gasteiger partial charge on any atom is 0.338 e. The predicted molar refractivity (Wildman–Crippen MR) is 90.4 cm³/mol. The fourth-order valence-corrected chi connectivity index (χ4v) is 2.78. The number of carbonyl (C=O) groups excluding carboxylic acids is 1. The molecule has 3 rings (SSSR count). The summed E-state index contributed by atoms with van der Waals surface area (Å²) < 4.78 is 26.5. The molecule has 1 aliphatic heterocycles. The Labute approximate surface area is 150 Å². The Morgan fingerprint density at radius 3 is 2.52 bits per heavy atom. The fourth-order valence-electron chi connectivity index (χ4n) is 2.52. The molecule has 1 heterocycles. The van der Waals surface area contributed by atoms with Gasteiger partial charge in [0, 0.05) is 22.2 Å². The largest absolute Gasteiger partial charge is 0.497 e. The van der Waals surface area contributed by atoms with Gasteiger partial charge in [-0.05, 0) is 24.3 Å². The van der Waals surface area contributed by atoms with Gasteiger partial charge in [-0.25, -0.2) is 4.79 Å². The van der Waals surface area contributed by atoms with Crippen LogP contribution in [0, 0.1) is 0 Å². The molecular weight excluding hydrogens is 348 g/mol. The molecule has 1 aliphatic rings. The summed E-state index contributed by atoms with van der Waals surface area (Å²) in [5, 5.41) is 0.530. The van der Waals surface area contributed by atoms with Crippen molar-refractivity contribution in [2.75, 3.05) is 21.0 Å². The minimum absolute atomic E-state index is 0.0290. The highest BCUT2D eigenvalue weighted by Crippen LogP contribution is 2.32. The zero-order valence-corrected chi connectivity index (χ0v) is 14.6. The van der Waals surface area contributed by atoms with E-state index in [-0.39, 0.29) is 13.4 Å². The summed E-state index contributed by atoms with van der Waals surface area (Å²) in [5.41, 5.74) is 1.85. The number of benzene rings is 2. The number of halogens is 1. The predicted octanol–water partition coefficient (Wildman–Crippen LogP) is 3.58. The van der Waals surface area contributed by atoms with E-state index >= 15 is 0 Å². The molecule has 2 aromatic carbocycles. The van der Waals surface area contributed by atoms with E-state index in [1.54, 1.807) is 30.3 Å². The van der Waals surface area contributed by atoms with Gasteiger partial charge in [0.15, 0.2) is 6.79 Å². The standard InChI is InChI=1S/C18H17ClO6/c1-21-15-5-11(6-16(7-15)22-2)18(20)24-9-13-4-14(19)3-12-8-23-10-25-17(12)13/h3-7H,8-10H2,1-2H3. The van der Waals surface area contributed by atoms with Crippen LogP contribution in [-0.4, -0.2) is 27.0 Å². The zero-order valence-electron chi connectivity index (χ0n) is 13.8. The molecule has 0 unspecified atom stereocenters. The van der Waals surface area contributed by atoms with E-state index < -0.39 is 5.97 Å². The quantitative estimate of drug-likeness (QED) is 0.756. The first-order valence-corrected chi connectivity index (χ1v) is 7.90. The second kappa shape index (κ2) is 7.63. The molecule has 25 heavy (non-hydrogen) atoms. The van der Waals surface area contributed by atoms with Crippen molar-refractivity contribution < 1.29 is 28.5 Å². The van der Waals surface area contributed by atoms with Crippen LogP contribution in [0.3, 0.4) is 0 Å². The van der Waals surface area contributed by atoms with Crippen molar-refractivity contribution in [3.8, 4) is 17.2 Å². The summed E-state index contributed by atoms with van der Waals surface area (Å²) in [6.07, 6.45) is 0. The lowest BCUT2D eigenvalue weighted by Gasteiger charge is -2.21. The van der Waals surface area contributed by atoms with Gasteiger partial charge < -0.3 is 23.7 Å². The average molecular weight is 365 g/mol. The van der Waals surface area contributed by atoms with Crippen LogP contribution in [0.4, 0.5) is 0 Å². The number of hydrogen-bond donors (Lipinski definition) is 0. The Kier molecular flexibility index (Phi) is 5.31. The molecule has 0 fully saturated rings. The molecule has 0 bridgehead atoms. The highest BCUT2D eigenvalue weighted by Gasteiger charge is 2.18. The molecule has 0 N–H and O–H groups in total. The molecular formula is C18H17ClO6. The van der Waals surface area contributed by atoms with Crippen LogP contribution in [-0.2, 0) is 22.7 Å². The minimum Gasteiger partial charge on any atom is -0.497 e. The van der Waals surface area contributed by atoms with E-state index in [2.05, 4.69) is 0 Å². The van der Waals surface area contributed by atoms with Crippen LogP contribution in [0.5, 0.6) is 17.2 Å². The highest BCUT2D eigenvalue weighted by molar-refractivity contribution is 6.30. The van der Waals surface area contributed by atoms with Gasteiger partial charge in [-0.15, -0.1) is 0 Å². The maximum absolute atomic E-state index is 12.4. The summed E-state index contributed by atoms with van der Waals surface area (Å²) in [7, 11) is 3.03. The monoisotopic (exact) mass is 364 g/mol. The third kappa shape index (κ3) is 3.97. The van der Waals surface area contributed by atoms with Gasteiger partial charge in [-0.3, -0.25) is 0 Å². The van der Waals surface area contributed by atoms with Gasteiger partial charge in [-0.2, -0.15) is 0 Å². The average Bonchev–Trinajstić information content (AvgIpc) is 2.65. The summed E-state index contributed by atoms with van der Waals surface area (Å²) in [6.45, 7) is 0.591. The Balaban J connectivity index is 1.78. The molecule has 0 aliphatic carbocycles. The van der Waals surface area contributed by atoms with Crippen molar-refractivity contribution in [2.24, 2.45) is 0 Å². The van der Waals surface area contributed by atoms with Crippen LogP contribution >= 0.6 is 11.6 Å². The lowest BCUT2D eigenvalue weighted by molar-refractivity contribution is -0.0180. The van der Waals surface area contributed by atoms with E-state index in [0.717, 1.165) is 5.56 Å². The van der Waals surface area contributed by atoms with Crippen molar-refractivity contribution in [3.63, 3.8) is 0 Å². The first-order valence-electron chi connectivity index (χ1n) is 7.52. The van der Waals surface area contributed by atoms with Gasteiger partial charge in [0.1, 0.15) is 23.9 Å². The van der Waals surface area contributed by atoms with Crippen molar-refractivity contribution in [2.45, 2.75) is 13.2 Å². The number of methoxy groups -OCH3 is 2. The second-order valence-electron chi connectivity index (χ2n) is 5.34. The number of esters is 1. The van der Waals surface area contributed by atoms with Crippen molar-refractivity contribution in [1.82, 2.24) is 0 Å². The summed E-state index contributed by atoms with van der Waals surface area (Å²) >= 11 is 6.11. The smallest absolute Gasteiger partial charge is 0.338 e. The summed E-state index contributed by atoms with van der Waals surface area (Å²) in [5.74, 6) is 1.16. The number of ether oxygens (including phenoxy) is 5. The summed E-state index contributed by atoms with van der Waals surface area (Å²) in [4.78, 5) is 12.4. The Morgan fingerprint density at radius 2 is 1.84 bits per heavy atom. The van der Waals surface area contributed by atoms with Gasteiger partial charge in [-0.1, -0.05) is 11.6 Å². The van der Waals surface area contributed by atoms with Crippen molar-refractivity contribution in [1.29, 1.82) is 0 Å². The molecule has 2 aromatic rings. The third-order valence-electron chi connectivity index (χ3n) is 3.70. The van der Waals surface area contributed by atoms with Gasteiger partial charge in [0.05, 0.1) is 26.4 Å². The van der Waals surface area contributed by atoms with E-state index in [9.17, 15) is 4.79 Å². The Morgan fingerprint density at radius 1 is 1.12 bits per heavy atom. The normalized spacial score (nSPS) is 12.8. The van der Waals surface area contributed by atoms with E-state index in [0.29, 0.717) is 40.0 Å². The molecule has 0 spiro atoms. The first-order chi connectivity index (χ1) is 12.1. The van der Waals surface area contributed by atoms with Crippen LogP contribution < -0.4 is 14.2 Å². The minimum atomic E-state index is -0.502. The molecule has 7 heteroatoms. The molecule has 0 radical (unpaired) electrons. The molecule has 0 aromatic heterocycles. The van der Waals surface area contributed by atoms with Gasteiger partial charge in [0.2, 0.25) is 0 Å². The third-order valence-corrected chi connectivity index (χ3v) is 3.92. The van der Waals surface area contributed by atoms with Crippen LogP contribution in [0.25, 0.3) is 0 Å². The van der Waals surface area contributed by atoms with Crippen LogP contribution in [0.1, 0.15) is 21.5 Å². The molecule has 132 valence electrons. The summed E-state index contributed by atoms with van der Waals surface area (Å²) in [6, 6.07) is 8.34. The van der Waals surface area contributed by atoms with Crippen LogP contribution in [0.15, 0.2) is 30.3 Å². The second-order valence-corrected chi connectivity index (χ2v) is 5.78. The molecule has 0 saturated heterocycles. The Bertz CT molecular complexity index is 767. The molecule has 6 nitrogen and oxygen atoms in total. The van der Waals surface area contributed by atoms with Gasteiger partial charge >= 0.3 is 5.97 Å². The molecule has 0 amide bonds. The molecule has 0 atom stereocenters. The highest BCUT2D eigenvalue weighted by atomic mass is 35.5. The van der Waals surface area contributed by atoms with Gasteiger partial charge in [0.25, 0.3) is 0 Å². The number of hydrogen-bond acceptors (Lipinski definition) is 6. The van der Waals surface area contributed by atoms with Crippen molar-refractivity contribution in [3.05, 3.63) is 52.0 Å².